The fraction of sp³-hybridized carbons (Fsp3) is 0.615. The zero-order chi connectivity index (χ0) is 12.3. The summed E-state index contributed by atoms with van der Waals surface area (Å²) in [5, 5.41) is 8.91. The molecule has 3 N–H and O–H groups in total. The molecule has 0 saturated carbocycles. The molecule has 1 saturated heterocycles. The van der Waals surface area contributed by atoms with Crippen LogP contribution in [0.3, 0.4) is 0 Å². The number of anilines is 2. The Morgan fingerprint density at radius 2 is 2.41 bits per heavy atom. The molecule has 1 atom stereocenters. The average molecular weight is 235 g/mol. The largest absolute Gasteiger partial charge is 0.398 e. The zero-order valence-corrected chi connectivity index (χ0v) is 10.4. The highest BCUT2D eigenvalue weighted by atomic mass is 16.2. The van der Waals surface area contributed by atoms with E-state index in [0.29, 0.717) is 6.04 Å². The summed E-state index contributed by atoms with van der Waals surface area (Å²) in [4.78, 5) is 6.79. The number of nitrogens with zero attached hydrogens (tertiary/aromatic N) is 2. The molecule has 4 heteroatoms. The van der Waals surface area contributed by atoms with Gasteiger partial charge in [0.15, 0.2) is 0 Å². The summed E-state index contributed by atoms with van der Waals surface area (Å²) in [5.41, 5.74) is 7.76. The molecule has 1 aromatic heterocycles. The van der Waals surface area contributed by atoms with Gasteiger partial charge in [0.25, 0.3) is 0 Å². The van der Waals surface area contributed by atoms with Gasteiger partial charge in [0, 0.05) is 37.1 Å². The molecule has 2 heterocycles. The fourth-order valence-electron chi connectivity index (χ4n) is 2.45. The van der Waals surface area contributed by atoms with E-state index in [2.05, 4.69) is 9.88 Å². The first kappa shape index (κ1) is 12.2. The van der Waals surface area contributed by atoms with Crippen molar-refractivity contribution in [1.29, 1.82) is 0 Å². The number of aromatic nitrogens is 1. The fourth-order valence-corrected chi connectivity index (χ4v) is 2.45. The lowest BCUT2D eigenvalue weighted by Gasteiger charge is -2.26. The maximum Gasteiger partial charge on any atom is 0.130 e. The molecule has 0 bridgehead atoms. The topological polar surface area (TPSA) is 62.4 Å². The van der Waals surface area contributed by atoms with Gasteiger partial charge in [0.1, 0.15) is 5.82 Å². The van der Waals surface area contributed by atoms with E-state index < -0.39 is 0 Å². The molecule has 94 valence electrons. The smallest absolute Gasteiger partial charge is 0.130 e. The van der Waals surface area contributed by atoms with Crippen molar-refractivity contribution in [2.45, 2.75) is 38.6 Å². The van der Waals surface area contributed by atoms with Crippen LogP contribution in [0.25, 0.3) is 0 Å². The number of hydrogen-bond acceptors (Lipinski definition) is 4. The zero-order valence-electron chi connectivity index (χ0n) is 10.4. The van der Waals surface area contributed by atoms with Crippen LogP contribution in [0, 0.1) is 6.92 Å². The Morgan fingerprint density at radius 3 is 3.12 bits per heavy atom. The van der Waals surface area contributed by atoms with Gasteiger partial charge in [-0.2, -0.15) is 0 Å². The van der Waals surface area contributed by atoms with E-state index in [-0.39, 0.29) is 6.61 Å². The predicted octanol–water partition coefficient (Wildman–Crippen LogP) is 1.71. The number of rotatable bonds is 4. The van der Waals surface area contributed by atoms with Gasteiger partial charge >= 0.3 is 0 Å². The van der Waals surface area contributed by atoms with Gasteiger partial charge < -0.3 is 15.7 Å². The Hall–Kier alpha value is -1.29. The third-order valence-corrected chi connectivity index (χ3v) is 3.50. The highest BCUT2D eigenvalue weighted by molar-refractivity contribution is 5.55. The monoisotopic (exact) mass is 235 g/mol. The van der Waals surface area contributed by atoms with Crippen LogP contribution < -0.4 is 10.6 Å². The molecule has 17 heavy (non-hydrogen) atoms. The Balaban J connectivity index is 2.11. The lowest BCUT2D eigenvalue weighted by atomic mass is 10.1. The van der Waals surface area contributed by atoms with E-state index in [0.717, 1.165) is 36.5 Å². The molecule has 1 aliphatic rings. The second-order valence-electron chi connectivity index (χ2n) is 4.75. The van der Waals surface area contributed by atoms with E-state index in [1.165, 1.54) is 12.8 Å². The van der Waals surface area contributed by atoms with Gasteiger partial charge in [0.05, 0.1) is 0 Å². The molecule has 0 amide bonds. The first-order valence-electron chi connectivity index (χ1n) is 6.32. The van der Waals surface area contributed by atoms with Crippen molar-refractivity contribution in [1.82, 2.24) is 4.98 Å². The Labute approximate surface area is 102 Å². The van der Waals surface area contributed by atoms with Crippen molar-refractivity contribution in [2.75, 3.05) is 23.8 Å². The van der Waals surface area contributed by atoms with Gasteiger partial charge in [-0.05, 0) is 38.2 Å². The lowest BCUT2D eigenvalue weighted by Crippen LogP contribution is -2.30. The van der Waals surface area contributed by atoms with Gasteiger partial charge in [0.2, 0.25) is 0 Å². The van der Waals surface area contributed by atoms with Crippen molar-refractivity contribution in [3.05, 3.63) is 17.8 Å². The van der Waals surface area contributed by atoms with Crippen molar-refractivity contribution >= 4 is 11.5 Å². The predicted molar refractivity (Wildman–Crippen MR) is 70.1 cm³/mol. The Morgan fingerprint density at radius 1 is 1.59 bits per heavy atom. The molecule has 0 aliphatic carbocycles. The first-order valence-corrected chi connectivity index (χ1v) is 6.32. The minimum Gasteiger partial charge on any atom is -0.398 e. The second-order valence-corrected chi connectivity index (χ2v) is 4.75. The molecule has 1 aromatic rings. The van der Waals surface area contributed by atoms with Gasteiger partial charge in [-0.25, -0.2) is 4.98 Å². The maximum atomic E-state index is 8.91. The number of aryl methyl sites for hydroxylation is 1. The second kappa shape index (κ2) is 5.36. The van der Waals surface area contributed by atoms with E-state index in [4.69, 9.17) is 10.8 Å². The third kappa shape index (κ3) is 2.69. The highest BCUT2D eigenvalue weighted by Crippen LogP contribution is 2.28. The normalized spacial score (nSPS) is 19.9. The number of nitrogens with two attached hydrogens (primary N) is 1. The Kier molecular flexibility index (Phi) is 3.84. The maximum absolute atomic E-state index is 8.91. The SMILES string of the molecule is Cc1cnc(N2CCCC2CCCO)cc1N. The number of hydrogen-bond donors (Lipinski definition) is 2. The van der Waals surface area contributed by atoms with Crippen LogP contribution in [0.15, 0.2) is 12.3 Å². The molecule has 0 radical (unpaired) electrons. The molecular weight excluding hydrogens is 214 g/mol. The van der Waals surface area contributed by atoms with E-state index >= 15 is 0 Å². The van der Waals surface area contributed by atoms with Gasteiger partial charge in [-0.15, -0.1) is 0 Å². The van der Waals surface area contributed by atoms with Crippen LogP contribution in [-0.2, 0) is 0 Å². The number of aliphatic hydroxyl groups is 1. The molecule has 1 aliphatic heterocycles. The Bertz CT molecular complexity index is 381. The summed E-state index contributed by atoms with van der Waals surface area (Å²) in [5.74, 6) is 0.980. The molecule has 0 spiro atoms. The van der Waals surface area contributed by atoms with Crippen molar-refractivity contribution in [3.8, 4) is 0 Å². The molecule has 0 aromatic carbocycles. The van der Waals surface area contributed by atoms with Crippen LogP contribution in [0.4, 0.5) is 11.5 Å². The highest BCUT2D eigenvalue weighted by Gasteiger charge is 2.25. The van der Waals surface area contributed by atoms with Crippen molar-refractivity contribution < 1.29 is 5.11 Å². The van der Waals surface area contributed by atoms with Gasteiger partial charge in [-0.1, -0.05) is 0 Å². The summed E-state index contributed by atoms with van der Waals surface area (Å²) in [7, 11) is 0. The molecule has 4 nitrogen and oxygen atoms in total. The molecular formula is C13H21N3O. The summed E-state index contributed by atoms with van der Waals surface area (Å²) in [6, 6.07) is 2.48. The molecule has 1 fully saturated rings. The first-order chi connectivity index (χ1) is 8.22. The van der Waals surface area contributed by atoms with E-state index in [1.807, 2.05) is 19.2 Å². The quantitative estimate of drug-likeness (QED) is 0.834. The minimum atomic E-state index is 0.272. The molecule has 1 unspecified atom stereocenters. The summed E-state index contributed by atoms with van der Waals surface area (Å²) < 4.78 is 0. The number of nitrogen functional groups attached to an aromatic ring is 1. The summed E-state index contributed by atoms with van der Waals surface area (Å²) in [6.07, 6.45) is 6.13. The van der Waals surface area contributed by atoms with E-state index in [1.54, 1.807) is 0 Å². The van der Waals surface area contributed by atoms with Crippen LogP contribution in [-0.4, -0.2) is 29.3 Å². The van der Waals surface area contributed by atoms with Crippen LogP contribution in [0.1, 0.15) is 31.2 Å². The number of aliphatic hydroxyl groups excluding tert-OH is 1. The third-order valence-electron chi connectivity index (χ3n) is 3.50. The molecule has 2 rings (SSSR count). The number of pyridine rings is 1. The minimum absolute atomic E-state index is 0.272. The standard InChI is InChI=1S/C13H21N3O/c1-10-9-15-13(8-12(10)14)16-6-2-4-11(16)5-3-7-17/h8-9,11,17H,2-7H2,1H3,(H2,14,15). The van der Waals surface area contributed by atoms with Crippen LogP contribution in [0.2, 0.25) is 0 Å². The van der Waals surface area contributed by atoms with Crippen molar-refractivity contribution in [2.24, 2.45) is 0 Å². The van der Waals surface area contributed by atoms with Gasteiger partial charge in [-0.3, -0.25) is 0 Å². The summed E-state index contributed by atoms with van der Waals surface area (Å²) >= 11 is 0. The van der Waals surface area contributed by atoms with Crippen molar-refractivity contribution in [3.63, 3.8) is 0 Å². The lowest BCUT2D eigenvalue weighted by molar-refractivity contribution is 0.279. The summed E-state index contributed by atoms with van der Waals surface area (Å²) in [6.45, 7) is 3.29. The average Bonchev–Trinajstić information content (AvgIpc) is 2.78. The van der Waals surface area contributed by atoms with Crippen LogP contribution >= 0.6 is 0 Å². The van der Waals surface area contributed by atoms with Crippen LogP contribution in [0.5, 0.6) is 0 Å². The van der Waals surface area contributed by atoms with E-state index in [9.17, 15) is 0 Å².